The number of hydrogen-bond acceptors (Lipinski definition) is 3. The van der Waals surface area contributed by atoms with Gasteiger partial charge in [0.2, 0.25) is 0 Å². The maximum absolute atomic E-state index is 10.9. The first kappa shape index (κ1) is 39.6. The number of rotatable bonds is 34. The smallest absolute Gasteiger partial charge is 0.304 e. The first-order valence-electron chi connectivity index (χ1n) is 17.4. The van der Waals surface area contributed by atoms with E-state index in [2.05, 4.69) is 6.92 Å². The summed E-state index contributed by atoms with van der Waals surface area (Å²) in [4.78, 5) is 21.6. The summed E-state index contributed by atoms with van der Waals surface area (Å²) in [6.45, 7) is 2.29. The minimum atomic E-state index is -0.763. The summed E-state index contributed by atoms with van der Waals surface area (Å²) in [6, 6.07) is 0. The van der Waals surface area contributed by atoms with Crippen LogP contribution in [0.1, 0.15) is 187 Å². The van der Waals surface area contributed by atoms with Gasteiger partial charge in [-0.25, -0.2) is 9.93 Å². The van der Waals surface area contributed by atoms with Gasteiger partial charge in [-0.3, -0.25) is 9.59 Å². The number of thiol groups is 1. The molecule has 0 rings (SSSR count). The quantitative estimate of drug-likeness (QED) is 0.0387. The topological polar surface area (TPSA) is 74.6 Å². The summed E-state index contributed by atoms with van der Waals surface area (Å²) in [5.74, 6) is 0.901. The zero-order valence-electron chi connectivity index (χ0n) is 26.5. The Morgan fingerprint density at radius 1 is 0.450 bits per heavy atom. The number of carbonyl (C=O) groups is 2. The third-order valence-electron chi connectivity index (χ3n) is 7.93. The van der Waals surface area contributed by atoms with Gasteiger partial charge in [0, 0.05) is 5.75 Å². The van der Waals surface area contributed by atoms with Crippen LogP contribution >= 0.6 is 20.7 Å². The van der Waals surface area contributed by atoms with Gasteiger partial charge in [-0.05, 0) is 17.9 Å². The molecule has 4 nitrogen and oxygen atoms in total. The summed E-state index contributed by atoms with van der Waals surface area (Å²) < 4.78 is 0. The van der Waals surface area contributed by atoms with Crippen LogP contribution in [-0.2, 0) is 9.59 Å². The SMILES string of the molecule is CCCCCCCCCCCCCCCCCCCCCCCCCCCC[SH](CCC(=O)O)SCCC(=O)O. The molecule has 240 valence electrons. The third-order valence-corrected chi connectivity index (χ3v) is 13.0. The molecular formula is C34H68O4S2. The average molecular weight is 605 g/mol. The van der Waals surface area contributed by atoms with Crippen LogP contribution in [0.2, 0.25) is 0 Å². The number of carboxylic acid groups (broad SMARTS) is 2. The molecule has 0 aliphatic heterocycles. The average Bonchev–Trinajstić information content (AvgIpc) is 2.93. The van der Waals surface area contributed by atoms with E-state index >= 15 is 0 Å². The van der Waals surface area contributed by atoms with Gasteiger partial charge in [-0.15, -0.1) is 10.8 Å². The van der Waals surface area contributed by atoms with E-state index < -0.39 is 21.9 Å². The molecule has 0 amide bonds. The Bertz CT molecular complexity index is 544. The molecule has 1 atom stereocenters. The van der Waals surface area contributed by atoms with Gasteiger partial charge in [0.1, 0.15) is 0 Å². The number of hydrogen-bond donors (Lipinski definition) is 3. The van der Waals surface area contributed by atoms with Gasteiger partial charge in [0.25, 0.3) is 0 Å². The first-order chi connectivity index (χ1) is 19.6. The van der Waals surface area contributed by atoms with Crippen molar-refractivity contribution < 1.29 is 19.8 Å². The predicted molar refractivity (Wildman–Crippen MR) is 181 cm³/mol. The van der Waals surface area contributed by atoms with E-state index in [1.54, 1.807) is 10.8 Å². The van der Waals surface area contributed by atoms with E-state index in [0.717, 1.165) is 12.2 Å². The van der Waals surface area contributed by atoms with Crippen molar-refractivity contribution >= 4 is 32.7 Å². The molecule has 1 unspecified atom stereocenters. The Morgan fingerprint density at radius 2 is 0.750 bits per heavy atom. The van der Waals surface area contributed by atoms with E-state index in [0.29, 0.717) is 11.5 Å². The summed E-state index contributed by atoms with van der Waals surface area (Å²) in [5.41, 5.74) is 0. The Hall–Kier alpha value is -0.360. The molecule has 0 aromatic rings. The van der Waals surface area contributed by atoms with Gasteiger partial charge in [-0.2, -0.15) is 0 Å². The van der Waals surface area contributed by atoms with Crippen LogP contribution in [0, 0.1) is 0 Å². The molecule has 2 N–H and O–H groups in total. The van der Waals surface area contributed by atoms with Gasteiger partial charge in [0.15, 0.2) is 0 Å². The lowest BCUT2D eigenvalue weighted by molar-refractivity contribution is -0.137. The minimum Gasteiger partial charge on any atom is -0.481 e. The molecule has 0 bridgehead atoms. The van der Waals surface area contributed by atoms with Crippen molar-refractivity contribution in [2.24, 2.45) is 0 Å². The number of unbranched alkanes of at least 4 members (excludes halogenated alkanes) is 25. The van der Waals surface area contributed by atoms with Crippen molar-refractivity contribution in [3.63, 3.8) is 0 Å². The summed E-state index contributed by atoms with van der Waals surface area (Å²) in [7, 11) is 1.31. The van der Waals surface area contributed by atoms with Crippen LogP contribution in [0.15, 0.2) is 0 Å². The van der Waals surface area contributed by atoms with Gasteiger partial charge in [0.05, 0.1) is 12.8 Å². The molecule has 0 aromatic carbocycles. The maximum Gasteiger partial charge on any atom is 0.304 e. The molecule has 0 spiro atoms. The molecule has 0 saturated heterocycles. The monoisotopic (exact) mass is 604 g/mol. The molecule has 0 aromatic heterocycles. The molecular weight excluding hydrogens is 537 g/mol. The van der Waals surface area contributed by atoms with Crippen LogP contribution in [-0.4, -0.2) is 39.4 Å². The fourth-order valence-electron chi connectivity index (χ4n) is 5.33. The highest BCUT2D eigenvalue weighted by molar-refractivity contribution is 8.85. The molecule has 0 aliphatic carbocycles. The lowest BCUT2D eigenvalue weighted by atomic mass is 10.0. The van der Waals surface area contributed by atoms with Crippen molar-refractivity contribution in [2.45, 2.75) is 187 Å². The molecule has 0 radical (unpaired) electrons. The lowest BCUT2D eigenvalue weighted by Crippen LogP contribution is -2.02. The number of aliphatic carboxylic acids is 2. The van der Waals surface area contributed by atoms with E-state index in [1.807, 2.05) is 0 Å². The highest BCUT2D eigenvalue weighted by Gasteiger charge is 2.09. The van der Waals surface area contributed by atoms with E-state index in [1.165, 1.54) is 161 Å². The zero-order chi connectivity index (χ0) is 29.4. The van der Waals surface area contributed by atoms with Crippen LogP contribution in [0.4, 0.5) is 0 Å². The summed E-state index contributed by atoms with van der Waals surface area (Å²) >= 11 is 0. The standard InChI is InChI=1S/C34H68O4S2/c1-2-3-4-5-6-7-8-9-10-11-12-13-14-15-16-17-18-19-20-21-22-23-24-25-26-27-31-40(32-29-34(37)38)39-30-28-33(35)36/h40H,2-32H2,1H3,(H,35,36)(H,37,38). The summed E-state index contributed by atoms with van der Waals surface area (Å²) in [6.07, 6.45) is 36.8. The minimum absolute atomic E-state index is 0.177. The molecule has 0 aliphatic rings. The van der Waals surface area contributed by atoms with Crippen LogP contribution < -0.4 is 0 Å². The molecule has 0 saturated carbocycles. The highest BCUT2D eigenvalue weighted by Crippen LogP contribution is 2.42. The Labute approximate surface area is 255 Å². The second-order valence-electron chi connectivity index (χ2n) is 11.9. The Kier molecular flexibility index (Phi) is 32.8. The normalized spacial score (nSPS) is 12.6. The molecule has 0 fully saturated rings. The highest BCUT2D eigenvalue weighted by atomic mass is 33.1. The largest absolute Gasteiger partial charge is 0.481 e. The van der Waals surface area contributed by atoms with Gasteiger partial charge < -0.3 is 10.2 Å². The van der Waals surface area contributed by atoms with Gasteiger partial charge >= 0.3 is 11.9 Å². The van der Waals surface area contributed by atoms with Crippen molar-refractivity contribution in [1.82, 2.24) is 0 Å². The van der Waals surface area contributed by atoms with Crippen molar-refractivity contribution in [3.8, 4) is 0 Å². The first-order valence-corrected chi connectivity index (χ1v) is 20.7. The molecule has 40 heavy (non-hydrogen) atoms. The zero-order valence-corrected chi connectivity index (χ0v) is 28.2. The fraction of sp³-hybridized carbons (Fsp3) is 0.941. The maximum atomic E-state index is 10.9. The third kappa shape index (κ3) is 33.8. The van der Waals surface area contributed by atoms with Gasteiger partial charge in [-0.1, -0.05) is 167 Å². The van der Waals surface area contributed by atoms with Crippen molar-refractivity contribution in [2.75, 3.05) is 17.3 Å². The van der Waals surface area contributed by atoms with E-state index in [-0.39, 0.29) is 12.8 Å². The van der Waals surface area contributed by atoms with Crippen LogP contribution in [0.25, 0.3) is 0 Å². The lowest BCUT2D eigenvalue weighted by Gasteiger charge is -2.19. The van der Waals surface area contributed by atoms with Crippen molar-refractivity contribution in [3.05, 3.63) is 0 Å². The van der Waals surface area contributed by atoms with Crippen LogP contribution in [0.3, 0.4) is 0 Å². The second kappa shape index (κ2) is 33.1. The van der Waals surface area contributed by atoms with E-state index in [9.17, 15) is 9.59 Å². The molecule has 6 heteroatoms. The Balaban J connectivity index is 3.30. The number of carboxylic acids is 2. The Morgan fingerprint density at radius 3 is 1.05 bits per heavy atom. The van der Waals surface area contributed by atoms with Crippen LogP contribution in [0.5, 0.6) is 0 Å². The fourth-order valence-corrected chi connectivity index (χ4v) is 9.83. The summed E-state index contributed by atoms with van der Waals surface area (Å²) in [5, 5.41) is 17.8. The molecule has 0 heterocycles. The van der Waals surface area contributed by atoms with E-state index in [4.69, 9.17) is 10.2 Å². The second-order valence-corrected chi connectivity index (χ2v) is 16.7. The van der Waals surface area contributed by atoms with Crippen molar-refractivity contribution in [1.29, 1.82) is 0 Å². The predicted octanol–water partition coefficient (Wildman–Crippen LogP) is 11.7.